The molecule has 0 N–H and O–H groups in total. The number of ether oxygens (including phenoxy) is 2. The van der Waals surface area contributed by atoms with Gasteiger partial charge in [0.1, 0.15) is 11.5 Å². The zero-order chi connectivity index (χ0) is 33.2. The highest BCUT2D eigenvalue weighted by Crippen LogP contribution is 2.32. The molecule has 0 saturated carbocycles. The van der Waals surface area contributed by atoms with E-state index in [2.05, 4.69) is 22.6 Å². The number of rotatable bonds is 4. The van der Waals surface area contributed by atoms with Gasteiger partial charge in [-0.05, 0) is 50.0 Å². The first-order valence-electron chi connectivity index (χ1n) is 12.9. The summed E-state index contributed by atoms with van der Waals surface area (Å²) in [6.45, 7) is 0.231. The summed E-state index contributed by atoms with van der Waals surface area (Å²) in [5.41, 5.74) is -4.73. The summed E-state index contributed by atoms with van der Waals surface area (Å²) in [6.07, 6.45) is -9.77. The first kappa shape index (κ1) is 14.5. The van der Waals surface area contributed by atoms with Crippen molar-refractivity contribution < 1.29 is 59.1 Å². The van der Waals surface area contributed by atoms with E-state index in [4.69, 9.17) is 13.7 Å². The molecule has 0 fully saturated rings. The Balaban J connectivity index is 0.000000428. The van der Waals surface area contributed by atoms with Gasteiger partial charge in [-0.25, -0.2) is 9.59 Å². The molecule has 172 valence electrons. The average Bonchev–Trinajstić information content (AvgIpc) is 2.82. The van der Waals surface area contributed by atoms with E-state index < -0.39 is 95.9 Å². The molecule has 32 heavy (non-hydrogen) atoms. The molecule has 0 heterocycles. The van der Waals surface area contributed by atoms with E-state index in [0.717, 1.165) is 18.2 Å². The molecule has 0 aliphatic rings. The van der Waals surface area contributed by atoms with Gasteiger partial charge in [0.05, 0.1) is 16.6 Å². The van der Waals surface area contributed by atoms with Gasteiger partial charge in [-0.3, -0.25) is 0 Å². The maximum absolute atomic E-state index is 12.9. The standard InChI is InChI=1S/2C11H9F3O2/c2*1-7(2)10(15)16-9-5-3-4-8(6-9)11(12,13)14/h2*3-6H,1H2,2H3/i2D3,3D,4D,5D,6D;2D3. The molecule has 0 amide bonds. The molecule has 0 radical (unpaired) electrons. The van der Waals surface area contributed by atoms with Crippen LogP contribution in [0.5, 0.6) is 11.5 Å². The predicted molar refractivity (Wildman–Crippen MR) is 104 cm³/mol. The third kappa shape index (κ3) is 8.66. The van der Waals surface area contributed by atoms with Crippen LogP contribution in [0.4, 0.5) is 26.3 Å². The van der Waals surface area contributed by atoms with Crippen molar-refractivity contribution in [3.63, 3.8) is 0 Å². The van der Waals surface area contributed by atoms with Crippen LogP contribution in [0, 0.1) is 0 Å². The molecule has 0 unspecified atom stereocenters. The van der Waals surface area contributed by atoms with E-state index in [-0.39, 0.29) is 0 Å². The van der Waals surface area contributed by atoms with Gasteiger partial charge in [-0.15, -0.1) is 0 Å². The summed E-state index contributed by atoms with van der Waals surface area (Å²) >= 11 is 0. The number of alkyl halides is 6. The monoisotopic (exact) mass is 470 g/mol. The molecule has 10 heteroatoms. The molecule has 2 aromatic carbocycles. The van der Waals surface area contributed by atoms with Crippen molar-refractivity contribution in [3.05, 3.63) is 83.9 Å². The molecule has 2 rings (SSSR count). The van der Waals surface area contributed by atoms with Crippen LogP contribution in [0.15, 0.2) is 72.7 Å². The van der Waals surface area contributed by atoms with Gasteiger partial charge >= 0.3 is 24.3 Å². The number of halogens is 6. The van der Waals surface area contributed by atoms with Crippen molar-refractivity contribution >= 4 is 11.9 Å². The van der Waals surface area contributed by atoms with Gasteiger partial charge in [0.15, 0.2) is 0 Å². The van der Waals surface area contributed by atoms with E-state index in [1.54, 1.807) is 0 Å². The van der Waals surface area contributed by atoms with Crippen LogP contribution < -0.4 is 9.47 Å². The summed E-state index contributed by atoms with van der Waals surface area (Å²) in [4.78, 5) is 22.9. The summed E-state index contributed by atoms with van der Waals surface area (Å²) < 4.78 is 156. The fraction of sp³-hybridized carbons (Fsp3) is 0.182. The summed E-state index contributed by atoms with van der Waals surface area (Å²) in [5.74, 6) is -4.60. The van der Waals surface area contributed by atoms with E-state index in [0.29, 0.717) is 6.07 Å². The van der Waals surface area contributed by atoms with Gasteiger partial charge in [0, 0.05) is 19.4 Å². The smallest absolute Gasteiger partial charge is 0.416 e. The minimum Gasteiger partial charge on any atom is -0.423 e. The molecular weight excluding hydrogens is 442 g/mol. The SMILES string of the molecule is [2H]C([2H])([2H])C(=C)C(=O)Oc1cccc(C(F)(F)F)c1.[2H]c1c([2H])c(OC(=O)C(=C)C([2H])([2H])[2H])c([2H])c(C(F)(F)F)c1[2H]. The summed E-state index contributed by atoms with van der Waals surface area (Å²) in [6, 6.07) is -1.68. The lowest BCUT2D eigenvalue weighted by Crippen LogP contribution is -2.10. The number of esters is 2. The molecular formula is C22H18F6O4. The van der Waals surface area contributed by atoms with E-state index in [1.807, 2.05) is 0 Å². The Bertz CT molecular complexity index is 1400. The molecule has 2 aromatic rings. The minimum atomic E-state index is -5.19. The minimum absolute atomic E-state index is 0.398. The molecule has 0 saturated heterocycles. The van der Waals surface area contributed by atoms with E-state index >= 15 is 0 Å². The topological polar surface area (TPSA) is 52.6 Å². The highest BCUT2D eigenvalue weighted by Gasteiger charge is 2.31. The van der Waals surface area contributed by atoms with Crippen LogP contribution >= 0.6 is 0 Å². The second-order valence-electron chi connectivity index (χ2n) is 5.46. The van der Waals surface area contributed by atoms with Crippen molar-refractivity contribution in [3.8, 4) is 11.5 Å². The number of hydrogen-bond donors (Lipinski definition) is 0. The van der Waals surface area contributed by atoms with Crippen molar-refractivity contribution in [2.24, 2.45) is 0 Å². The van der Waals surface area contributed by atoms with Crippen molar-refractivity contribution in [1.82, 2.24) is 0 Å². The largest absolute Gasteiger partial charge is 0.423 e. The molecule has 0 aliphatic carbocycles. The van der Waals surface area contributed by atoms with Crippen LogP contribution in [0.2, 0.25) is 0 Å². The molecule has 4 nitrogen and oxygen atoms in total. The summed E-state index contributed by atoms with van der Waals surface area (Å²) in [7, 11) is 0. The number of carbonyl (C=O) groups excluding carboxylic acids is 2. The number of hydrogen-bond acceptors (Lipinski definition) is 4. The number of benzene rings is 2. The Kier molecular flexibility index (Phi) is 4.82. The lowest BCUT2D eigenvalue weighted by Gasteiger charge is -2.08. The highest BCUT2D eigenvalue weighted by atomic mass is 19.4. The van der Waals surface area contributed by atoms with E-state index in [9.17, 15) is 35.9 Å². The molecule has 0 atom stereocenters. The van der Waals surface area contributed by atoms with Gasteiger partial charge in [-0.1, -0.05) is 25.3 Å². The maximum atomic E-state index is 12.9. The number of carbonyl (C=O) groups is 2. The second-order valence-corrected chi connectivity index (χ2v) is 5.46. The van der Waals surface area contributed by atoms with Crippen molar-refractivity contribution in [1.29, 1.82) is 0 Å². The second kappa shape index (κ2) is 10.7. The Labute approximate surface area is 193 Å². The van der Waals surface area contributed by atoms with E-state index in [1.165, 1.54) is 0 Å². The third-order valence-electron chi connectivity index (χ3n) is 2.95. The average molecular weight is 470 g/mol. The molecule has 0 aromatic heterocycles. The maximum Gasteiger partial charge on any atom is 0.416 e. The Morgan fingerprint density at radius 2 is 1.41 bits per heavy atom. The molecule has 0 spiro atoms. The van der Waals surface area contributed by atoms with Gasteiger partial charge < -0.3 is 9.47 Å². The first-order chi connectivity index (χ1) is 18.7. The fourth-order valence-electron chi connectivity index (χ4n) is 1.58. The summed E-state index contributed by atoms with van der Waals surface area (Å²) in [5, 5.41) is 0. The van der Waals surface area contributed by atoms with Crippen LogP contribution in [0.25, 0.3) is 0 Å². The highest BCUT2D eigenvalue weighted by molar-refractivity contribution is 5.89. The van der Waals surface area contributed by atoms with Crippen LogP contribution in [-0.4, -0.2) is 11.9 Å². The molecule has 0 aliphatic heterocycles. The quantitative estimate of drug-likeness (QED) is 0.225. The fourth-order valence-corrected chi connectivity index (χ4v) is 1.58. The molecule has 0 bridgehead atoms. The normalized spacial score (nSPS) is 16.3. The van der Waals surface area contributed by atoms with Gasteiger partial charge in [-0.2, -0.15) is 26.3 Å². The van der Waals surface area contributed by atoms with Crippen molar-refractivity contribution in [2.75, 3.05) is 0 Å². The lowest BCUT2D eigenvalue weighted by molar-refractivity contribution is -0.138. The predicted octanol–water partition coefficient (Wildman–Crippen LogP) is 6.37. The van der Waals surface area contributed by atoms with Crippen molar-refractivity contribution in [2.45, 2.75) is 26.1 Å². The van der Waals surface area contributed by atoms with Gasteiger partial charge in [0.2, 0.25) is 0 Å². The van der Waals surface area contributed by atoms with Crippen LogP contribution in [-0.2, 0) is 21.9 Å². The lowest BCUT2D eigenvalue weighted by atomic mass is 10.2. The Morgan fingerprint density at radius 1 is 0.875 bits per heavy atom. The van der Waals surface area contributed by atoms with Crippen LogP contribution in [0.3, 0.4) is 0 Å². The Morgan fingerprint density at radius 3 is 1.91 bits per heavy atom. The first-order valence-corrected chi connectivity index (χ1v) is 7.89. The van der Waals surface area contributed by atoms with Crippen LogP contribution in [0.1, 0.15) is 38.5 Å². The zero-order valence-corrected chi connectivity index (χ0v) is 15.6. The van der Waals surface area contributed by atoms with Gasteiger partial charge in [0.25, 0.3) is 0 Å². The zero-order valence-electron chi connectivity index (χ0n) is 25.6. The Hall–Kier alpha value is -3.56. The third-order valence-corrected chi connectivity index (χ3v) is 2.95.